The second-order valence-corrected chi connectivity index (χ2v) is 4.82. The molecule has 1 aromatic carbocycles. The molecule has 8 heteroatoms. The van der Waals surface area contributed by atoms with Crippen LogP contribution in [0.15, 0.2) is 30.3 Å². The van der Waals surface area contributed by atoms with Crippen LogP contribution < -0.4 is 10.1 Å². The van der Waals surface area contributed by atoms with Crippen LogP contribution in [0.25, 0.3) is 6.08 Å². The van der Waals surface area contributed by atoms with Gasteiger partial charge in [0, 0.05) is 12.6 Å². The number of ether oxygens (including phenoxy) is 2. The highest BCUT2D eigenvalue weighted by molar-refractivity contribution is 5.90. The second-order valence-electron chi connectivity index (χ2n) is 4.82. The molecule has 0 saturated heterocycles. The third kappa shape index (κ3) is 7.66. The largest absolute Gasteiger partial charge is 0.573 e. The van der Waals surface area contributed by atoms with Crippen LogP contribution in [0.3, 0.4) is 0 Å². The summed E-state index contributed by atoms with van der Waals surface area (Å²) in [5.41, 5.74) is 0.476. The van der Waals surface area contributed by atoms with Gasteiger partial charge in [-0.15, -0.1) is 13.2 Å². The first-order chi connectivity index (χ1) is 11.2. The Bertz CT molecular complexity index is 582. The Hall–Kier alpha value is -2.51. The van der Waals surface area contributed by atoms with Crippen LogP contribution in [0.1, 0.15) is 25.8 Å². The molecule has 0 radical (unpaired) electrons. The lowest BCUT2D eigenvalue weighted by molar-refractivity contribution is -0.274. The maximum Gasteiger partial charge on any atom is 0.573 e. The number of carbonyl (C=O) groups excluding carboxylic acids is 2. The number of alkyl halides is 3. The molecule has 24 heavy (non-hydrogen) atoms. The second kappa shape index (κ2) is 8.95. The highest BCUT2D eigenvalue weighted by atomic mass is 19.4. The predicted molar refractivity (Wildman–Crippen MR) is 81.0 cm³/mol. The third-order valence-corrected chi connectivity index (χ3v) is 2.74. The summed E-state index contributed by atoms with van der Waals surface area (Å²) in [6.07, 6.45) is -2.48. The summed E-state index contributed by atoms with van der Waals surface area (Å²) >= 11 is 0. The zero-order valence-electron chi connectivity index (χ0n) is 13.2. The molecule has 0 saturated carbocycles. The van der Waals surface area contributed by atoms with E-state index in [0.29, 0.717) is 12.1 Å². The van der Waals surface area contributed by atoms with Crippen LogP contribution in [0.4, 0.5) is 13.2 Å². The fourth-order valence-electron chi connectivity index (χ4n) is 1.60. The molecule has 0 heterocycles. The lowest BCUT2D eigenvalue weighted by atomic mass is 10.2. The van der Waals surface area contributed by atoms with Crippen molar-refractivity contribution in [1.82, 2.24) is 5.32 Å². The van der Waals surface area contributed by atoms with Gasteiger partial charge in [-0.25, -0.2) is 4.79 Å². The molecule has 1 atom stereocenters. The summed E-state index contributed by atoms with van der Waals surface area (Å²) in [5, 5.41) is 2.59. The number of amides is 1. The number of carbonyl (C=O) groups is 2. The Morgan fingerprint density at radius 1 is 1.25 bits per heavy atom. The average molecular weight is 345 g/mol. The van der Waals surface area contributed by atoms with Crippen molar-refractivity contribution in [2.45, 2.75) is 32.7 Å². The van der Waals surface area contributed by atoms with Gasteiger partial charge in [0.15, 0.2) is 6.10 Å². The molecule has 0 spiro atoms. The quantitative estimate of drug-likeness (QED) is 0.609. The Morgan fingerprint density at radius 2 is 1.88 bits per heavy atom. The molecule has 132 valence electrons. The van der Waals surface area contributed by atoms with Crippen molar-refractivity contribution >= 4 is 18.0 Å². The molecule has 1 rings (SSSR count). The number of hydrogen-bond donors (Lipinski definition) is 1. The third-order valence-electron chi connectivity index (χ3n) is 2.74. The van der Waals surface area contributed by atoms with Crippen molar-refractivity contribution in [1.29, 1.82) is 0 Å². The van der Waals surface area contributed by atoms with Crippen LogP contribution in [0.5, 0.6) is 5.75 Å². The minimum atomic E-state index is -4.75. The number of benzene rings is 1. The first-order valence-electron chi connectivity index (χ1n) is 7.23. The molecule has 5 nitrogen and oxygen atoms in total. The SMILES string of the molecule is CCCNC(=O)C(C)OC(=O)/C=C/c1ccc(OC(F)(F)F)cc1. The highest BCUT2D eigenvalue weighted by Gasteiger charge is 2.30. The first-order valence-corrected chi connectivity index (χ1v) is 7.23. The van der Waals surface area contributed by atoms with Gasteiger partial charge in [0.25, 0.3) is 5.91 Å². The summed E-state index contributed by atoms with van der Waals surface area (Å²) in [7, 11) is 0. The minimum absolute atomic E-state index is 0.358. The Balaban J connectivity index is 2.53. The van der Waals surface area contributed by atoms with E-state index >= 15 is 0 Å². The molecule has 1 unspecified atom stereocenters. The molecule has 0 aliphatic rings. The molecular formula is C16H18F3NO4. The van der Waals surface area contributed by atoms with E-state index < -0.39 is 24.3 Å². The van der Waals surface area contributed by atoms with E-state index in [0.717, 1.165) is 24.6 Å². The fourth-order valence-corrected chi connectivity index (χ4v) is 1.60. The molecule has 0 aliphatic heterocycles. The van der Waals surface area contributed by atoms with Gasteiger partial charge in [-0.1, -0.05) is 19.1 Å². The van der Waals surface area contributed by atoms with E-state index in [-0.39, 0.29) is 5.75 Å². The van der Waals surface area contributed by atoms with E-state index in [1.54, 1.807) is 0 Å². The van der Waals surface area contributed by atoms with Crippen LogP contribution in [-0.4, -0.2) is 30.9 Å². The minimum Gasteiger partial charge on any atom is -0.449 e. The molecule has 1 N–H and O–H groups in total. The standard InChI is InChI=1S/C16H18F3NO4/c1-3-10-20-15(22)11(2)23-14(21)9-6-12-4-7-13(8-5-12)24-16(17,18)19/h4-9,11H,3,10H2,1-2H3,(H,20,22)/b9-6+. The van der Waals surface area contributed by atoms with Crippen molar-refractivity contribution in [3.8, 4) is 5.75 Å². The monoisotopic (exact) mass is 345 g/mol. The van der Waals surface area contributed by atoms with Crippen LogP contribution in [0.2, 0.25) is 0 Å². The average Bonchev–Trinajstić information content (AvgIpc) is 2.50. The number of hydrogen-bond acceptors (Lipinski definition) is 4. The highest BCUT2D eigenvalue weighted by Crippen LogP contribution is 2.22. The van der Waals surface area contributed by atoms with E-state index in [1.807, 2.05) is 6.92 Å². The van der Waals surface area contributed by atoms with Crippen LogP contribution in [0, 0.1) is 0 Å². The smallest absolute Gasteiger partial charge is 0.449 e. The van der Waals surface area contributed by atoms with E-state index in [4.69, 9.17) is 4.74 Å². The van der Waals surface area contributed by atoms with E-state index in [9.17, 15) is 22.8 Å². The normalized spacial score (nSPS) is 12.7. The molecule has 1 amide bonds. The summed E-state index contributed by atoms with van der Waals surface area (Å²) in [6, 6.07) is 4.95. The van der Waals surface area contributed by atoms with Crippen molar-refractivity contribution in [2.24, 2.45) is 0 Å². The number of esters is 1. The van der Waals surface area contributed by atoms with Gasteiger partial charge in [0.1, 0.15) is 5.75 Å². The van der Waals surface area contributed by atoms with Crippen molar-refractivity contribution in [2.75, 3.05) is 6.54 Å². The van der Waals surface area contributed by atoms with Gasteiger partial charge in [0.2, 0.25) is 0 Å². The maximum atomic E-state index is 12.0. The molecule has 0 aliphatic carbocycles. The molecule has 0 bridgehead atoms. The van der Waals surface area contributed by atoms with Crippen molar-refractivity contribution in [3.05, 3.63) is 35.9 Å². The van der Waals surface area contributed by atoms with E-state index in [2.05, 4.69) is 10.1 Å². The Morgan fingerprint density at radius 3 is 2.42 bits per heavy atom. The predicted octanol–water partition coefficient (Wildman–Crippen LogP) is 3.06. The zero-order valence-corrected chi connectivity index (χ0v) is 13.2. The topological polar surface area (TPSA) is 64.6 Å². The van der Waals surface area contributed by atoms with Crippen molar-refractivity contribution in [3.63, 3.8) is 0 Å². The maximum absolute atomic E-state index is 12.0. The van der Waals surface area contributed by atoms with E-state index in [1.165, 1.54) is 25.1 Å². The summed E-state index contributed by atoms with van der Waals surface area (Å²) in [4.78, 5) is 23.1. The Labute approximate surface area is 137 Å². The number of rotatable bonds is 7. The molecular weight excluding hydrogens is 327 g/mol. The first kappa shape index (κ1) is 19.5. The van der Waals surface area contributed by atoms with Crippen LogP contribution >= 0.6 is 0 Å². The number of nitrogens with one attached hydrogen (secondary N) is 1. The summed E-state index contributed by atoms with van der Waals surface area (Å²) in [6.45, 7) is 3.83. The Kier molecular flexibility index (Phi) is 7.29. The fraction of sp³-hybridized carbons (Fsp3) is 0.375. The van der Waals surface area contributed by atoms with Crippen LogP contribution in [-0.2, 0) is 14.3 Å². The lowest BCUT2D eigenvalue weighted by Crippen LogP contribution is -2.35. The molecule has 0 aromatic heterocycles. The van der Waals surface area contributed by atoms with Gasteiger partial charge in [0.05, 0.1) is 0 Å². The summed E-state index contributed by atoms with van der Waals surface area (Å²) in [5.74, 6) is -1.49. The van der Waals surface area contributed by atoms with Gasteiger partial charge in [-0.05, 0) is 37.1 Å². The van der Waals surface area contributed by atoms with Gasteiger partial charge in [-0.2, -0.15) is 0 Å². The van der Waals surface area contributed by atoms with Gasteiger partial charge < -0.3 is 14.8 Å². The lowest BCUT2D eigenvalue weighted by Gasteiger charge is -2.11. The number of halogens is 3. The van der Waals surface area contributed by atoms with Crippen molar-refractivity contribution < 1.29 is 32.2 Å². The molecule has 0 fully saturated rings. The summed E-state index contributed by atoms with van der Waals surface area (Å²) < 4.78 is 44.7. The zero-order chi connectivity index (χ0) is 18.2. The van der Waals surface area contributed by atoms with Gasteiger partial charge in [-0.3, -0.25) is 4.79 Å². The molecule has 1 aromatic rings. The van der Waals surface area contributed by atoms with Gasteiger partial charge >= 0.3 is 12.3 Å².